The molecule has 76 valence electrons. The summed E-state index contributed by atoms with van der Waals surface area (Å²) in [7, 11) is 0. The van der Waals surface area contributed by atoms with E-state index in [1.54, 1.807) is 0 Å². The molecular weight excluding hydrogens is 194 g/mol. The Kier molecular flexibility index (Phi) is 1.97. The summed E-state index contributed by atoms with van der Waals surface area (Å²) in [6.45, 7) is 1.08. The van der Waals surface area contributed by atoms with E-state index in [0.29, 0.717) is 0 Å². The summed E-state index contributed by atoms with van der Waals surface area (Å²) in [6, 6.07) is 0. The Bertz CT molecular complexity index is 381. The van der Waals surface area contributed by atoms with Crippen LogP contribution in [0.3, 0.4) is 0 Å². The van der Waals surface area contributed by atoms with Crippen molar-refractivity contribution in [3.8, 4) is 0 Å². The van der Waals surface area contributed by atoms with Gasteiger partial charge in [0.15, 0.2) is 4.77 Å². The van der Waals surface area contributed by atoms with Gasteiger partial charge in [0.05, 0.1) is 0 Å². The van der Waals surface area contributed by atoms with Crippen molar-refractivity contribution in [1.29, 1.82) is 0 Å². The first-order chi connectivity index (χ1) is 6.83. The highest BCUT2D eigenvalue weighted by Crippen LogP contribution is 2.48. The molecule has 2 aliphatic rings. The fourth-order valence-corrected chi connectivity index (χ4v) is 3.43. The number of aromatic amines is 1. The normalized spacial score (nSPS) is 35.3. The van der Waals surface area contributed by atoms with Gasteiger partial charge in [-0.05, 0) is 49.2 Å². The molecule has 1 aromatic heterocycles. The highest BCUT2D eigenvalue weighted by molar-refractivity contribution is 7.71. The maximum atomic E-state index is 5.15. The van der Waals surface area contributed by atoms with Crippen LogP contribution in [0.25, 0.3) is 0 Å². The molecule has 2 saturated carbocycles. The van der Waals surface area contributed by atoms with Gasteiger partial charge in [-0.3, -0.25) is 5.10 Å². The van der Waals surface area contributed by atoms with Crippen LogP contribution in [-0.4, -0.2) is 14.8 Å². The van der Waals surface area contributed by atoms with Crippen LogP contribution in [0, 0.1) is 22.5 Å². The monoisotopic (exact) mass is 209 g/mol. The Morgan fingerprint density at radius 3 is 3.00 bits per heavy atom. The molecule has 2 aliphatic carbocycles. The molecule has 3 nitrogen and oxygen atoms in total. The minimum absolute atomic E-state index is 0.771. The van der Waals surface area contributed by atoms with Crippen LogP contribution in [0.4, 0.5) is 0 Å². The number of fused-ring (bicyclic) bond motifs is 2. The van der Waals surface area contributed by atoms with E-state index >= 15 is 0 Å². The second-order valence-electron chi connectivity index (χ2n) is 4.75. The quantitative estimate of drug-likeness (QED) is 0.759. The molecule has 0 aromatic carbocycles. The minimum atomic E-state index is 0.771. The lowest BCUT2D eigenvalue weighted by atomic mass is 9.89. The Morgan fingerprint density at radius 1 is 1.50 bits per heavy atom. The number of H-pyrrole nitrogens is 1. The Labute approximate surface area is 88.5 Å². The highest BCUT2D eigenvalue weighted by atomic mass is 32.1. The van der Waals surface area contributed by atoms with Crippen LogP contribution < -0.4 is 0 Å². The topological polar surface area (TPSA) is 33.6 Å². The van der Waals surface area contributed by atoms with E-state index in [2.05, 4.69) is 14.8 Å². The van der Waals surface area contributed by atoms with Crippen LogP contribution in [0.5, 0.6) is 0 Å². The Hall–Kier alpha value is -0.640. The van der Waals surface area contributed by atoms with Crippen molar-refractivity contribution in [2.75, 3.05) is 0 Å². The van der Waals surface area contributed by atoms with Crippen molar-refractivity contribution in [3.05, 3.63) is 11.1 Å². The molecule has 3 atom stereocenters. The first-order valence-electron chi connectivity index (χ1n) is 5.43. The van der Waals surface area contributed by atoms with Gasteiger partial charge in [0.1, 0.15) is 6.33 Å². The van der Waals surface area contributed by atoms with Gasteiger partial charge in [0.2, 0.25) is 0 Å². The summed E-state index contributed by atoms with van der Waals surface area (Å²) in [5.41, 5.74) is 0. The van der Waals surface area contributed by atoms with Crippen molar-refractivity contribution in [3.63, 3.8) is 0 Å². The molecule has 2 bridgehead atoms. The predicted molar refractivity (Wildman–Crippen MR) is 56.3 cm³/mol. The molecule has 4 heteroatoms. The number of hydrogen-bond acceptors (Lipinski definition) is 2. The number of nitrogens with zero attached hydrogens (tertiary/aromatic N) is 2. The molecule has 2 fully saturated rings. The molecule has 1 aromatic rings. The number of aromatic nitrogens is 3. The average Bonchev–Trinajstić information content (AvgIpc) is 2.83. The lowest BCUT2D eigenvalue weighted by Crippen LogP contribution is -2.16. The molecule has 14 heavy (non-hydrogen) atoms. The van der Waals surface area contributed by atoms with Crippen LogP contribution in [0.2, 0.25) is 0 Å². The van der Waals surface area contributed by atoms with E-state index in [4.69, 9.17) is 12.2 Å². The molecule has 0 amide bonds. The van der Waals surface area contributed by atoms with Gasteiger partial charge in [0, 0.05) is 6.54 Å². The van der Waals surface area contributed by atoms with E-state index < -0.39 is 0 Å². The Morgan fingerprint density at radius 2 is 2.43 bits per heavy atom. The highest BCUT2D eigenvalue weighted by Gasteiger charge is 2.39. The SMILES string of the molecule is S=c1[nH]ncn1CC1CC2CCC1C2. The minimum Gasteiger partial charge on any atom is -0.306 e. The standard InChI is InChI=1S/C10H15N3S/c14-10-12-11-6-13(10)5-9-4-7-1-2-8(9)3-7/h6-9H,1-5H2,(H,12,14). The number of rotatable bonds is 2. The second-order valence-corrected chi connectivity index (χ2v) is 5.14. The van der Waals surface area contributed by atoms with Crippen LogP contribution in [-0.2, 0) is 6.54 Å². The average molecular weight is 209 g/mol. The van der Waals surface area contributed by atoms with Gasteiger partial charge in [-0.25, -0.2) is 0 Å². The molecule has 3 rings (SSSR count). The molecule has 0 aliphatic heterocycles. The third-order valence-electron chi connectivity index (χ3n) is 3.93. The predicted octanol–water partition coefficient (Wildman–Crippen LogP) is 2.38. The van der Waals surface area contributed by atoms with Gasteiger partial charge in [-0.15, -0.1) is 0 Å². The van der Waals surface area contributed by atoms with Crippen molar-refractivity contribution >= 4 is 12.2 Å². The van der Waals surface area contributed by atoms with Gasteiger partial charge in [-0.2, -0.15) is 5.10 Å². The van der Waals surface area contributed by atoms with E-state index in [9.17, 15) is 0 Å². The summed E-state index contributed by atoms with van der Waals surface area (Å²) in [6.07, 6.45) is 7.63. The first-order valence-corrected chi connectivity index (χ1v) is 5.83. The van der Waals surface area contributed by atoms with Gasteiger partial charge < -0.3 is 4.57 Å². The van der Waals surface area contributed by atoms with Crippen molar-refractivity contribution in [2.24, 2.45) is 17.8 Å². The largest absolute Gasteiger partial charge is 0.306 e. The first kappa shape index (κ1) is 8.65. The summed E-state index contributed by atoms with van der Waals surface area (Å²) in [5.74, 6) is 2.85. The Balaban J connectivity index is 1.74. The summed E-state index contributed by atoms with van der Waals surface area (Å²) in [5, 5.41) is 6.77. The maximum Gasteiger partial charge on any atom is 0.194 e. The summed E-state index contributed by atoms with van der Waals surface area (Å²) in [4.78, 5) is 0. The smallest absolute Gasteiger partial charge is 0.194 e. The molecule has 3 unspecified atom stereocenters. The van der Waals surface area contributed by atoms with Crippen LogP contribution >= 0.6 is 12.2 Å². The summed E-state index contributed by atoms with van der Waals surface area (Å²) < 4.78 is 2.86. The van der Waals surface area contributed by atoms with Crippen molar-refractivity contribution in [2.45, 2.75) is 32.2 Å². The van der Waals surface area contributed by atoms with Gasteiger partial charge in [-0.1, -0.05) is 6.42 Å². The van der Waals surface area contributed by atoms with Crippen LogP contribution in [0.15, 0.2) is 6.33 Å². The van der Waals surface area contributed by atoms with Crippen molar-refractivity contribution in [1.82, 2.24) is 14.8 Å². The number of nitrogens with one attached hydrogen (secondary N) is 1. The van der Waals surface area contributed by atoms with E-state index in [0.717, 1.165) is 29.1 Å². The lowest BCUT2D eigenvalue weighted by molar-refractivity contribution is 0.294. The van der Waals surface area contributed by atoms with Gasteiger partial charge in [0.25, 0.3) is 0 Å². The fourth-order valence-electron chi connectivity index (χ4n) is 3.25. The van der Waals surface area contributed by atoms with Crippen LogP contribution in [0.1, 0.15) is 25.7 Å². The molecular formula is C10H15N3S. The molecule has 0 saturated heterocycles. The van der Waals surface area contributed by atoms with E-state index in [1.807, 2.05) is 6.33 Å². The molecule has 1 N–H and O–H groups in total. The molecule has 0 spiro atoms. The zero-order chi connectivity index (χ0) is 9.54. The second kappa shape index (κ2) is 3.19. The summed E-state index contributed by atoms with van der Waals surface area (Å²) >= 11 is 5.15. The van der Waals surface area contributed by atoms with E-state index in [1.165, 1.54) is 25.7 Å². The lowest BCUT2D eigenvalue weighted by Gasteiger charge is -2.21. The van der Waals surface area contributed by atoms with Gasteiger partial charge >= 0.3 is 0 Å². The third-order valence-corrected chi connectivity index (χ3v) is 4.26. The third kappa shape index (κ3) is 1.32. The molecule has 0 radical (unpaired) electrons. The maximum absolute atomic E-state index is 5.15. The fraction of sp³-hybridized carbons (Fsp3) is 0.800. The molecule has 1 heterocycles. The van der Waals surface area contributed by atoms with E-state index in [-0.39, 0.29) is 0 Å². The van der Waals surface area contributed by atoms with Crippen molar-refractivity contribution < 1.29 is 0 Å². The zero-order valence-corrected chi connectivity index (χ0v) is 8.96. The zero-order valence-electron chi connectivity index (χ0n) is 8.15. The number of hydrogen-bond donors (Lipinski definition) is 1.